The van der Waals surface area contributed by atoms with Crippen LogP contribution in [0.2, 0.25) is 0 Å². The molecule has 1 unspecified atom stereocenters. The SMILES string of the molecule is CC(C)C(NC(=O)[C@H](CCCCNC(=O)OC(C)(C)C)NC(=O)OCC1c2ccccc2-c2ccccc21)C(=O)N[C@@H](CCCNC(N)=O)C(=O)Nc1ccc(COC(=O)Oc2ccc([N+](=O)[O-])cc2)cc1. The summed E-state index contributed by atoms with van der Waals surface area (Å²) in [7, 11) is 0. The van der Waals surface area contributed by atoms with Crippen molar-refractivity contribution in [3.63, 3.8) is 0 Å². The molecule has 72 heavy (non-hydrogen) atoms. The molecule has 384 valence electrons. The monoisotopic (exact) mass is 994 g/mol. The highest BCUT2D eigenvalue weighted by molar-refractivity contribution is 5.99. The van der Waals surface area contributed by atoms with E-state index in [2.05, 4.69) is 31.9 Å². The summed E-state index contributed by atoms with van der Waals surface area (Å²) in [6, 6.07) is 22.5. The van der Waals surface area contributed by atoms with E-state index >= 15 is 0 Å². The Morgan fingerprint density at radius 3 is 1.88 bits per heavy atom. The Labute approximate surface area is 416 Å². The van der Waals surface area contributed by atoms with Crippen molar-refractivity contribution in [1.29, 1.82) is 0 Å². The van der Waals surface area contributed by atoms with Crippen LogP contribution in [0.4, 0.5) is 30.6 Å². The van der Waals surface area contributed by atoms with Crippen molar-refractivity contribution >= 4 is 53.5 Å². The van der Waals surface area contributed by atoms with Gasteiger partial charge in [0.25, 0.3) is 5.69 Å². The first-order valence-electron chi connectivity index (χ1n) is 23.5. The van der Waals surface area contributed by atoms with Crippen LogP contribution >= 0.6 is 0 Å². The van der Waals surface area contributed by atoms with Gasteiger partial charge in [-0.05, 0) is 111 Å². The molecule has 0 fully saturated rings. The second-order valence-corrected chi connectivity index (χ2v) is 18.2. The fraction of sp³-hybridized carbons (Fsp3) is 0.392. The van der Waals surface area contributed by atoms with Gasteiger partial charge in [0, 0.05) is 36.8 Å². The summed E-state index contributed by atoms with van der Waals surface area (Å²) in [5, 5.41) is 27.0. The molecule has 1 aliphatic carbocycles. The van der Waals surface area contributed by atoms with Crippen molar-refractivity contribution in [3.8, 4) is 16.9 Å². The normalized spacial score (nSPS) is 12.9. The molecule has 0 heterocycles. The van der Waals surface area contributed by atoms with Crippen LogP contribution < -0.4 is 42.4 Å². The number of benzene rings is 4. The molecule has 21 nitrogen and oxygen atoms in total. The summed E-state index contributed by atoms with van der Waals surface area (Å²) in [6.45, 7) is 8.74. The zero-order valence-electron chi connectivity index (χ0n) is 40.8. The van der Waals surface area contributed by atoms with Gasteiger partial charge in [-0.3, -0.25) is 24.5 Å². The minimum atomic E-state index is -1.19. The molecule has 4 aromatic carbocycles. The summed E-state index contributed by atoms with van der Waals surface area (Å²) in [5.74, 6) is -2.71. The van der Waals surface area contributed by atoms with Gasteiger partial charge in [-0.2, -0.15) is 0 Å². The first kappa shape index (κ1) is 54.7. The number of non-ortho nitro benzene ring substituents is 1. The van der Waals surface area contributed by atoms with Crippen LogP contribution in [-0.2, 0) is 35.2 Å². The molecular formula is C51H62N8O13. The zero-order chi connectivity index (χ0) is 52.4. The molecule has 0 spiro atoms. The first-order chi connectivity index (χ1) is 34.3. The van der Waals surface area contributed by atoms with Crippen LogP contribution in [0.15, 0.2) is 97.1 Å². The Balaban J connectivity index is 1.22. The van der Waals surface area contributed by atoms with Crippen molar-refractivity contribution in [2.45, 2.75) is 103 Å². The Hall–Kier alpha value is -8.23. The summed E-state index contributed by atoms with van der Waals surface area (Å²) >= 11 is 0. The van der Waals surface area contributed by atoms with Gasteiger partial charge in [-0.15, -0.1) is 0 Å². The van der Waals surface area contributed by atoms with E-state index in [1.54, 1.807) is 58.9 Å². The van der Waals surface area contributed by atoms with Gasteiger partial charge in [0.05, 0.1) is 4.92 Å². The van der Waals surface area contributed by atoms with Crippen LogP contribution in [0.5, 0.6) is 5.75 Å². The highest BCUT2D eigenvalue weighted by atomic mass is 16.7. The Kier molecular flexibility index (Phi) is 19.8. The number of amides is 7. The lowest BCUT2D eigenvalue weighted by atomic mass is 9.98. The minimum absolute atomic E-state index is 0.00772. The zero-order valence-corrected chi connectivity index (χ0v) is 40.8. The van der Waals surface area contributed by atoms with Gasteiger partial charge in [-0.1, -0.05) is 74.5 Å². The molecule has 1 aliphatic rings. The predicted octanol–water partition coefficient (Wildman–Crippen LogP) is 6.93. The molecule has 0 aromatic heterocycles. The number of alkyl carbamates (subject to hydrolysis) is 2. The third kappa shape index (κ3) is 17.0. The number of ether oxygens (including phenoxy) is 4. The lowest BCUT2D eigenvalue weighted by molar-refractivity contribution is -0.384. The molecule has 0 bridgehead atoms. The highest BCUT2D eigenvalue weighted by Crippen LogP contribution is 2.44. The van der Waals surface area contributed by atoms with E-state index in [1.807, 2.05) is 48.5 Å². The number of nitro benzene ring substituents is 1. The molecule has 0 aliphatic heterocycles. The number of hydrogen-bond donors (Lipinski definition) is 7. The van der Waals surface area contributed by atoms with E-state index in [0.29, 0.717) is 24.1 Å². The number of urea groups is 1. The van der Waals surface area contributed by atoms with E-state index in [4.69, 9.17) is 24.7 Å². The van der Waals surface area contributed by atoms with Gasteiger partial charge in [0.15, 0.2) is 0 Å². The molecule has 7 amide bonds. The van der Waals surface area contributed by atoms with E-state index in [1.165, 1.54) is 24.3 Å². The van der Waals surface area contributed by atoms with Crippen LogP contribution in [0.1, 0.15) is 89.3 Å². The van der Waals surface area contributed by atoms with Gasteiger partial charge in [0.2, 0.25) is 17.7 Å². The average molecular weight is 995 g/mol. The van der Waals surface area contributed by atoms with Crippen LogP contribution in [0.3, 0.4) is 0 Å². The van der Waals surface area contributed by atoms with Crippen molar-refractivity contribution in [2.24, 2.45) is 11.7 Å². The number of nitrogens with zero attached hydrogens (tertiary/aromatic N) is 1. The molecule has 0 saturated heterocycles. The van der Waals surface area contributed by atoms with Gasteiger partial charge in [-0.25, -0.2) is 19.2 Å². The lowest BCUT2D eigenvalue weighted by Gasteiger charge is -2.27. The Morgan fingerprint density at radius 2 is 1.28 bits per heavy atom. The number of fused-ring (bicyclic) bond motifs is 3. The van der Waals surface area contributed by atoms with Crippen molar-refractivity contribution in [1.82, 2.24) is 26.6 Å². The topological polar surface area (TPSA) is 298 Å². The smallest absolute Gasteiger partial charge is 0.449 e. The molecular weight excluding hydrogens is 933 g/mol. The fourth-order valence-electron chi connectivity index (χ4n) is 7.68. The summed E-state index contributed by atoms with van der Waals surface area (Å²) in [5.41, 5.74) is 9.31. The number of primary amides is 1. The molecule has 4 aromatic rings. The second kappa shape index (κ2) is 26.1. The highest BCUT2D eigenvalue weighted by Gasteiger charge is 2.33. The third-order valence-electron chi connectivity index (χ3n) is 11.2. The van der Waals surface area contributed by atoms with Gasteiger partial charge >= 0.3 is 24.4 Å². The van der Waals surface area contributed by atoms with Gasteiger partial charge in [0.1, 0.15) is 42.7 Å². The maximum Gasteiger partial charge on any atom is 0.514 e. The van der Waals surface area contributed by atoms with Gasteiger partial charge < -0.3 is 56.6 Å². The number of anilines is 1. The number of rotatable bonds is 23. The molecule has 3 atom stereocenters. The molecule has 0 radical (unpaired) electrons. The summed E-state index contributed by atoms with van der Waals surface area (Å²) < 4.78 is 21.3. The molecule has 21 heteroatoms. The number of nitrogens with two attached hydrogens (primary N) is 1. The number of carbonyl (C=O) groups is 7. The quantitative estimate of drug-likeness (QED) is 0.00992. The Bertz CT molecular complexity index is 2500. The number of nitrogens with one attached hydrogen (secondary N) is 6. The predicted molar refractivity (Wildman–Crippen MR) is 265 cm³/mol. The van der Waals surface area contributed by atoms with Crippen molar-refractivity contribution < 1.29 is 57.4 Å². The summed E-state index contributed by atoms with van der Waals surface area (Å²) in [6.07, 6.45) is -1.34. The maximum atomic E-state index is 14.1. The Morgan fingerprint density at radius 1 is 0.681 bits per heavy atom. The summed E-state index contributed by atoms with van der Waals surface area (Å²) in [4.78, 5) is 102. The largest absolute Gasteiger partial charge is 0.514 e. The van der Waals surface area contributed by atoms with Crippen molar-refractivity contribution in [2.75, 3.05) is 25.0 Å². The first-order valence-corrected chi connectivity index (χ1v) is 23.5. The number of carbonyl (C=O) groups excluding carboxylic acids is 7. The number of unbranched alkanes of at least 4 members (excludes halogenated alkanes) is 1. The van der Waals surface area contributed by atoms with Crippen LogP contribution in [0.25, 0.3) is 11.1 Å². The van der Waals surface area contributed by atoms with E-state index in [-0.39, 0.29) is 62.9 Å². The lowest BCUT2D eigenvalue weighted by Crippen LogP contribution is -2.57. The van der Waals surface area contributed by atoms with E-state index < -0.39 is 76.7 Å². The standard InChI is InChI=1S/C51H62N8O13/c1-31(2)43(46(62)56-41(18-12-28-53-47(52)63)44(60)55-33-21-19-32(20-22-33)29-70-50(66)71-35-25-23-34(24-26-35)59(67)68)58-45(61)42(17-10-11-27-54-48(64)72-51(3,4)5)57-49(65)69-30-40-38-15-8-6-13-36(38)37-14-7-9-16-39(37)40/h6-9,13-16,19-26,31,40-43H,10-12,17-18,27-30H2,1-5H3,(H,54,64)(H,55,60)(H,56,62)(H,57,65)(H,58,61)(H3,52,53,63)/t41-,42-,43?/m0/s1. The third-order valence-corrected chi connectivity index (χ3v) is 11.2. The van der Waals surface area contributed by atoms with Crippen molar-refractivity contribution in [3.05, 3.63) is 124 Å². The molecule has 8 N–H and O–H groups in total. The second-order valence-electron chi connectivity index (χ2n) is 18.2. The number of nitro groups is 1. The molecule has 5 rings (SSSR count). The molecule has 0 saturated carbocycles. The minimum Gasteiger partial charge on any atom is -0.449 e. The fourth-order valence-corrected chi connectivity index (χ4v) is 7.68. The average Bonchev–Trinajstić information content (AvgIpc) is 3.65. The van der Waals surface area contributed by atoms with Crippen LogP contribution in [0, 0.1) is 16.0 Å². The van der Waals surface area contributed by atoms with E-state index in [0.717, 1.165) is 22.3 Å². The van der Waals surface area contributed by atoms with E-state index in [9.17, 15) is 43.7 Å². The van der Waals surface area contributed by atoms with Crippen LogP contribution in [-0.4, -0.2) is 90.4 Å². The number of hydrogen-bond acceptors (Lipinski definition) is 13. The maximum absolute atomic E-state index is 14.1.